The number of halogens is 2. The molecule has 2 atom stereocenters. The zero-order valence-electron chi connectivity index (χ0n) is 17.4. The molecule has 0 unspecified atom stereocenters. The molecule has 31 heavy (non-hydrogen) atoms. The first-order valence-corrected chi connectivity index (χ1v) is 11.0. The van der Waals surface area contributed by atoms with Crippen LogP contribution in [0.1, 0.15) is 47.8 Å². The lowest BCUT2D eigenvalue weighted by atomic mass is 9.93. The van der Waals surface area contributed by atoms with Crippen molar-refractivity contribution in [3.8, 4) is 11.5 Å². The van der Waals surface area contributed by atoms with Gasteiger partial charge in [0, 0.05) is 39.3 Å². The topological polar surface area (TPSA) is 53.8 Å². The van der Waals surface area contributed by atoms with Gasteiger partial charge in [0.05, 0.1) is 6.61 Å². The van der Waals surface area contributed by atoms with E-state index in [1.165, 1.54) is 5.56 Å². The van der Waals surface area contributed by atoms with Gasteiger partial charge in [0.1, 0.15) is 6.17 Å². The lowest BCUT2D eigenvalue weighted by Crippen LogP contribution is -2.33. The summed E-state index contributed by atoms with van der Waals surface area (Å²) < 4.78 is 5.59. The molecule has 0 fully saturated rings. The number of nitrogens with one attached hydrogen (secondary N) is 1. The van der Waals surface area contributed by atoms with Gasteiger partial charge in [-0.2, -0.15) is 0 Å². The largest absolute Gasteiger partial charge is 0.504 e. The van der Waals surface area contributed by atoms with Crippen molar-refractivity contribution in [2.24, 2.45) is 4.99 Å². The van der Waals surface area contributed by atoms with Gasteiger partial charge in [0.15, 0.2) is 11.5 Å². The van der Waals surface area contributed by atoms with Crippen molar-refractivity contribution in [2.45, 2.75) is 32.5 Å². The molecule has 4 rings (SSSR count). The number of aryl methyl sites for hydroxylation is 1. The molecule has 2 N–H and O–H groups in total. The number of aliphatic imine (C=N–C) groups is 1. The number of hydrogen-bond acceptors (Lipinski definition) is 4. The fourth-order valence-corrected chi connectivity index (χ4v) is 4.31. The first-order chi connectivity index (χ1) is 15.0. The van der Waals surface area contributed by atoms with Crippen LogP contribution in [0.25, 0.3) is 0 Å². The second-order valence-electron chi connectivity index (χ2n) is 7.56. The molecule has 6 heteroatoms. The van der Waals surface area contributed by atoms with Gasteiger partial charge >= 0.3 is 0 Å². The minimum atomic E-state index is -0.380. The van der Waals surface area contributed by atoms with Crippen molar-refractivity contribution in [3.05, 3.63) is 93.0 Å². The van der Waals surface area contributed by atoms with Crippen LogP contribution < -0.4 is 10.1 Å². The number of ether oxygens (including phenoxy) is 1. The number of aromatic hydroxyl groups is 1. The highest BCUT2D eigenvalue weighted by Gasteiger charge is 2.29. The Morgan fingerprint density at radius 1 is 1.06 bits per heavy atom. The van der Waals surface area contributed by atoms with Crippen molar-refractivity contribution in [1.82, 2.24) is 5.32 Å². The number of para-hydroxylation sites is 1. The van der Waals surface area contributed by atoms with Crippen molar-refractivity contribution < 1.29 is 9.84 Å². The van der Waals surface area contributed by atoms with Gasteiger partial charge in [-0.15, -0.1) is 0 Å². The summed E-state index contributed by atoms with van der Waals surface area (Å²) >= 11 is 12.6. The molecule has 1 aliphatic heterocycles. The monoisotopic (exact) mass is 454 g/mol. The summed E-state index contributed by atoms with van der Waals surface area (Å²) in [5.74, 6) is 0.621. The first kappa shape index (κ1) is 21.7. The smallest absolute Gasteiger partial charge is 0.162 e. The third-order valence-electron chi connectivity index (χ3n) is 5.39. The fourth-order valence-electron chi connectivity index (χ4n) is 3.80. The minimum Gasteiger partial charge on any atom is -0.504 e. The number of phenols is 1. The van der Waals surface area contributed by atoms with Crippen LogP contribution in [-0.4, -0.2) is 17.4 Å². The molecule has 3 aromatic rings. The number of hydrogen-bond donors (Lipinski definition) is 2. The van der Waals surface area contributed by atoms with Crippen LogP contribution in [0.15, 0.2) is 65.7 Å². The predicted molar refractivity (Wildman–Crippen MR) is 127 cm³/mol. The Morgan fingerprint density at radius 3 is 2.55 bits per heavy atom. The molecule has 0 bridgehead atoms. The van der Waals surface area contributed by atoms with Crippen molar-refractivity contribution in [1.29, 1.82) is 0 Å². The van der Waals surface area contributed by atoms with Crippen LogP contribution in [0.2, 0.25) is 10.0 Å². The zero-order chi connectivity index (χ0) is 22.0. The summed E-state index contributed by atoms with van der Waals surface area (Å²) in [6.45, 7) is 4.43. The Kier molecular flexibility index (Phi) is 6.51. The molecule has 0 spiro atoms. The minimum absolute atomic E-state index is 0.146. The van der Waals surface area contributed by atoms with E-state index >= 15 is 0 Å². The Morgan fingerprint density at radius 2 is 1.84 bits per heavy atom. The summed E-state index contributed by atoms with van der Waals surface area (Å²) in [7, 11) is 0. The predicted octanol–water partition coefficient (Wildman–Crippen LogP) is 6.63. The van der Waals surface area contributed by atoms with Crippen LogP contribution in [0, 0.1) is 6.92 Å². The summed E-state index contributed by atoms with van der Waals surface area (Å²) in [4.78, 5) is 4.97. The number of benzene rings is 3. The third kappa shape index (κ3) is 4.72. The fraction of sp³-hybridized carbons (Fsp3) is 0.240. The molecular formula is C25H24Cl2N2O2. The van der Waals surface area contributed by atoms with E-state index in [2.05, 4.69) is 36.5 Å². The first-order valence-electron chi connectivity index (χ1n) is 10.3. The van der Waals surface area contributed by atoms with Crippen molar-refractivity contribution in [3.63, 3.8) is 0 Å². The van der Waals surface area contributed by atoms with E-state index in [0.29, 0.717) is 28.8 Å². The zero-order valence-corrected chi connectivity index (χ0v) is 18.9. The summed E-state index contributed by atoms with van der Waals surface area (Å²) in [6.07, 6.45) is 0.239. The Bertz CT molecular complexity index is 1110. The highest BCUT2D eigenvalue weighted by molar-refractivity contribution is 6.35. The maximum atomic E-state index is 10.9. The van der Waals surface area contributed by atoms with Crippen molar-refractivity contribution in [2.75, 3.05) is 6.61 Å². The average molecular weight is 455 g/mol. The molecule has 4 nitrogen and oxygen atoms in total. The summed E-state index contributed by atoms with van der Waals surface area (Å²) in [6, 6.07) is 19.1. The van der Waals surface area contributed by atoms with E-state index in [9.17, 15) is 5.11 Å². The molecule has 160 valence electrons. The van der Waals surface area contributed by atoms with Gasteiger partial charge in [0.2, 0.25) is 0 Å². The maximum Gasteiger partial charge on any atom is 0.162 e. The molecule has 0 amide bonds. The number of rotatable bonds is 5. The maximum absolute atomic E-state index is 10.9. The van der Waals surface area contributed by atoms with Gasteiger partial charge in [0.25, 0.3) is 0 Å². The van der Waals surface area contributed by atoms with Crippen LogP contribution >= 0.6 is 23.2 Å². The third-order valence-corrected chi connectivity index (χ3v) is 5.95. The van der Waals surface area contributed by atoms with Crippen molar-refractivity contribution >= 4 is 28.9 Å². The molecule has 0 saturated carbocycles. The van der Waals surface area contributed by atoms with E-state index in [4.69, 9.17) is 32.9 Å². The Balaban J connectivity index is 1.77. The van der Waals surface area contributed by atoms with E-state index in [0.717, 1.165) is 22.4 Å². The van der Waals surface area contributed by atoms with E-state index in [1.54, 1.807) is 12.1 Å². The van der Waals surface area contributed by atoms with Gasteiger partial charge in [-0.3, -0.25) is 10.3 Å². The molecule has 1 heterocycles. The average Bonchev–Trinajstić information content (AvgIpc) is 2.75. The normalized spacial score (nSPS) is 18.5. The SMILES string of the molecule is CCOc1cccc([C@@H]2CC(c3ccc(C)cc3)=N[C@H](c3ccc(Cl)cc3Cl)N2)c1O. The van der Waals surface area contributed by atoms with E-state index in [-0.39, 0.29) is 18.0 Å². The van der Waals surface area contributed by atoms with E-state index in [1.807, 2.05) is 31.2 Å². The molecular weight excluding hydrogens is 431 g/mol. The highest BCUT2D eigenvalue weighted by Crippen LogP contribution is 2.40. The molecule has 0 aromatic heterocycles. The highest BCUT2D eigenvalue weighted by atomic mass is 35.5. The summed E-state index contributed by atoms with van der Waals surface area (Å²) in [5, 5.41) is 15.5. The summed E-state index contributed by atoms with van der Waals surface area (Å²) in [5.41, 5.74) is 4.78. The standard InChI is InChI=1S/C25H24Cl2N2O2/c1-3-31-23-6-4-5-19(24(23)30)22-14-21(16-9-7-15(2)8-10-16)28-25(29-22)18-12-11-17(26)13-20(18)27/h4-13,22,25,29-30H,3,14H2,1-2H3/t22-,25-/m0/s1. The van der Waals surface area contributed by atoms with Gasteiger partial charge in [-0.05, 0) is 37.6 Å². The van der Waals surface area contributed by atoms with Gasteiger partial charge < -0.3 is 9.84 Å². The Labute approximate surface area is 192 Å². The van der Waals surface area contributed by atoms with Crippen LogP contribution in [0.5, 0.6) is 11.5 Å². The van der Waals surface area contributed by atoms with E-state index < -0.39 is 0 Å². The quantitative estimate of drug-likeness (QED) is 0.454. The number of nitrogens with zero attached hydrogens (tertiary/aromatic N) is 1. The van der Waals surface area contributed by atoms with Crippen LogP contribution in [-0.2, 0) is 0 Å². The lowest BCUT2D eigenvalue weighted by molar-refractivity contribution is 0.313. The molecule has 1 aliphatic rings. The van der Waals surface area contributed by atoms with Crippen LogP contribution in [0.3, 0.4) is 0 Å². The molecule has 0 radical (unpaired) electrons. The molecule has 0 aliphatic carbocycles. The van der Waals surface area contributed by atoms with Gasteiger partial charge in [-0.25, -0.2) is 0 Å². The lowest BCUT2D eigenvalue weighted by Gasteiger charge is -2.31. The van der Waals surface area contributed by atoms with Gasteiger partial charge in [-0.1, -0.05) is 71.2 Å². The molecule has 3 aromatic carbocycles. The molecule has 0 saturated heterocycles. The number of phenolic OH excluding ortho intramolecular Hbond substituents is 1. The Hall–Kier alpha value is -2.53. The second-order valence-corrected chi connectivity index (χ2v) is 8.40. The second kappa shape index (κ2) is 9.31. The van der Waals surface area contributed by atoms with Crippen LogP contribution in [0.4, 0.5) is 0 Å².